The molecule has 2 nitrogen and oxygen atoms in total. The minimum absolute atomic E-state index is 0.630. The topological polar surface area (TPSA) is 35.8 Å². The lowest BCUT2D eigenvalue weighted by atomic mass is 10.1. The van der Waals surface area contributed by atoms with Gasteiger partial charge in [-0.2, -0.15) is 5.26 Å². The van der Waals surface area contributed by atoms with E-state index >= 15 is 0 Å². The van der Waals surface area contributed by atoms with E-state index in [0.717, 1.165) is 11.3 Å². The van der Waals surface area contributed by atoms with Crippen molar-refractivity contribution in [3.8, 4) is 6.07 Å². The molecule has 0 bridgehead atoms. The first-order valence-corrected chi connectivity index (χ1v) is 5.65. The maximum atomic E-state index is 8.96. The number of rotatable bonds is 3. The van der Waals surface area contributed by atoms with Crippen molar-refractivity contribution in [2.45, 2.75) is 6.54 Å². The third kappa shape index (κ3) is 2.99. The lowest BCUT2D eigenvalue weighted by Crippen LogP contribution is -2.01. The standard InChI is InChI=1S/C14H11ClN2/c15-13-5-7-14(8-6-13)17-10-12-4-2-1-3-11(12)9-16/h1-8,17H,10H2. The lowest BCUT2D eigenvalue weighted by molar-refractivity contribution is 1.14. The SMILES string of the molecule is N#Cc1ccccc1CNc1ccc(Cl)cc1. The summed E-state index contributed by atoms with van der Waals surface area (Å²) in [6, 6.07) is 17.2. The summed E-state index contributed by atoms with van der Waals surface area (Å²) in [5.41, 5.74) is 2.68. The summed E-state index contributed by atoms with van der Waals surface area (Å²) in [5.74, 6) is 0. The van der Waals surface area contributed by atoms with Gasteiger partial charge in [0.25, 0.3) is 0 Å². The summed E-state index contributed by atoms with van der Waals surface area (Å²) in [6.07, 6.45) is 0. The molecular formula is C14H11ClN2. The van der Waals surface area contributed by atoms with Gasteiger partial charge in [-0.15, -0.1) is 0 Å². The summed E-state index contributed by atoms with van der Waals surface area (Å²) < 4.78 is 0. The number of anilines is 1. The van der Waals surface area contributed by atoms with Crippen LogP contribution in [-0.4, -0.2) is 0 Å². The fourth-order valence-corrected chi connectivity index (χ4v) is 1.67. The zero-order chi connectivity index (χ0) is 12.1. The number of nitrogens with one attached hydrogen (secondary N) is 1. The summed E-state index contributed by atoms with van der Waals surface area (Å²) in [6.45, 7) is 0.630. The van der Waals surface area contributed by atoms with Crippen molar-refractivity contribution in [3.05, 3.63) is 64.7 Å². The van der Waals surface area contributed by atoms with Gasteiger partial charge in [0.2, 0.25) is 0 Å². The van der Waals surface area contributed by atoms with E-state index in [0.29, 0.717) is 17.1 Å². The Morgan fingerprint density at radius 3 is 2.47 bits per heavy atom. The number of halogens is 1. The molecule has 0 radical (unpaired) electrons. The zero-order valence-electron chi connectivity index (χ0n) is 9.15. The molecule has 0 fully saturated rings. The van der Waals surface area contributed by atoms with Crippen molar-refractivity contribution in [3.63, 3.8) is 0 Å². The van der Waals surface area contributed by atoms with Gasteiger partial charge in [-0.1, -0.05) is 29.8 Å². The van der Waals surface area contributed by atoms with Crippen LogP contribution in [0.5, 0.6) is 0 Å². The Balaban J connectivity index is 2.08. The number of hydrogen-bond acceptors (Lipinski definition) is 2. The van der Waals surface area contributed by atoms with E-state index in [1.165, 1.54) is 0 Å². The number of hydrogen-bond donors (Lipinski definition) is 1. The van der Waals surface area contributed by atoms with Gasteiger partial charge in [0.05, 0.1) is 11.6 Å². The average molecular weight is 243 g/mol. The highest BCUT2D eigenvalue weighted by Crippen LogP contribution is 2.15. The molecule has 2 rings (SSSR count). The summed E-state index contributed by atoms with van der Waals surface area (Å²) in [4.78, 5) is 0. The van der Waals surface area contributed by atoms with Crippen LogP contribution in [0, 0.1) is 11.3 Å². The fourth-order valence-electron chi connectivity index (χ4n) is 1.55. The molecule has 84 valence electrons. The maximum absolute atomic E-state index is 8.96. The molecule has 3 heteroatoms. The molecule has 17 heavy (non-hydrogen) atoms. The smallest absolute Gasteiger partial charge is 0.0995 e. The average Bonchev–Trinajstić information content (AvgIpc) is 2.38. The molecule has 0 heterocycles. The molecule has 0 amide bonds. The van der Waals surface area contributed by atoms with Crippen LogP contribution in [0.1, 0.15) is 11.1 Å². The molecule has 0 saturated heterocycles. The van der Waals surface area contributed by atoms with E-state index in [1.807, 2.05) is 48.5 Å². The minimum atomic E-state index is 0.630. The Labute approximate surface area is 105 Å². The lowest BCUT2D eigenvalue weighted by Gasteiger charge is -2.07. The van der Waals surface area contributed by atoms with Crippen molar-refractivity contribution >= 4 is 17.3 Å². The van der Waals surface area contributed by atoms with Crippen LogP contribution in [0.4, 0.5) is 5.69 Å². The zero-order valence-corrected chi connectivity index (χ0v) is 9.91. The second-order valence-corrected chi connectivity index (χ2v) is 4.07. The molecule has 0 aromatic heterocycles. The third-order valence-electron chi connectivity index (χ3n) is 2.47. The molecular weight excluding hydrogens is 232 g/mol. The van der Waals surface area contributed by atoms with Gasteiger partial charge in [-0.3, -0.25) is 0 Å². The number of nitriles is 1. The molecule has 2 aromatic carbocycles. The summed E-state index contributed by atoms with van der Waals surface area (Å²) >= 11 is 5.81. The largest absolute Gasteiger partial charge is 0.381 e. The fraction of sp³-hybridized carbons (Fsp3) is 0.0714. The van der Waals surface area contributed by atoms with Crippen LogP contribution >= 0.6 is 11.6 Å². The maximum Gasteiger partial charge on any atom is 0.0995 e. The second-order valence-electron chi connectivity index (χ2n) is 3.63. The van der Waals surface area contributed by atoms with Crippen molar-refractivity contribution in [1.29, 1.82) is 5.26 Å². The molecule has 1 N–H and O–H groups in total. The van der Waals surface area contributed by atoms with E-state index in [9.17, 15) is 0 Å². The van der Waals surface area contributed by atoms with Gasteiger partial charge in [0.15, 0.2) is 0 Å². The predicted octanol–water partition coefficient (Wildman–Crippen LogP) is 3.82. The Kier molecular flexibility index (Phi) is 3.64. The molecule has 0 aliphatic heterocycles. The van der Waals surface area contributed by atoms with Gasteiger partial charge in [0.1, 0.15) is 0 Å². The Morgan fingerprint density at radius 2 is 1.76 bits per heavy atom. The van der Waals surface area contributed by atoms with Crippen LogP contribution in [-0.2, 0) is 6.54 Å². The molecule has 0 spiro atoms. The van der Waals surface area contributed by atoms with Crippen molar-refractivity contribution in [2.75, 3.05) is 5.32 Å². The van der Waals surface area contributed by atoms with Crippen molar-refractivity contribution in [1.82, 2.24) is 0 Å². The van der Waals surface area contributed by atoms with Crippen LogP contribution in [0.15, 0.2) is 48.5 Å². The number of benzene rings is 2. The molecule has 0 atom stereocenters. The Hall–Kier alpha value is -1.98. The van der Waals surface area contributed by atoms with Gasteiger partial charge in [0, 0.05) is 17.3 Å². The van der Waals surface area contributed by atoms with Crippen LogP contribution < -0.4 is 5.32 Å². The predicted molar refractivity (Wildman–Crippen MR) is 69.9 cm³/mol. The first kappa shape index (κ1) is 11.5. The van der Waals surface area contributed by atoms with Crippen molar-refractivity contribution < 1.29 is 0 Å². The highest BCUT2D eigenvalue weighted by Gasteiger charge is 2.00. The molecule has 2 aromatic rings. The highest BCUT2D eigenvalue weighted by atomic mass is 35.5. The van der Waals surface area contributed by atoms with Gasteiger partial charge >= 0.3 is 0 Å². The molecule has 0 unspecified atom stereocenters. The van der Waals surface area contributed by atoms with Gasteiger partial charge < -0.3 is 5.32 Å². The van der Waals surface area contributed by atoms with Crippen LogP contribution in [0.25, 0.3) is 0 Å². The Bertz CT molecular complexity index is 541. The third-order valence-corrected chi connectivity index (χ3v) is 2.72. The van der Waals surface area contributed by atoms with E-state index in [4.69, 9.17) is 16.9 Å². The van der Waals surface area contributed by atoms with Crippen LogP contribution in [0.3, 0.4) is 0 Å². The van der Waals surface area contributed by atoms with Crippen molar-refractivity contribution in [2.24, 2.45) is 0 Å². The molecule has 0 saturated carbocycles. The second kappa shape index (κ2) is 5.38. The number of nitrogens with zero attached hydrogens (tertiary/aromatic N) is 1. The summed E-state index contributed by atoms with van der Waals surface area (Å²) in [5, 5.41) is 12.9. The normalized spacial score (nSPS) is 9.65. The van der Waals surface area contributed by atoms with E-state index in [1.54, 1.807) is 0 Å². The monoisotopic (exact) mass is 242 g/mol. The first-order chi connectivity index (χ1) is 8.29. The van der Waals surface area contributed by atoms with E-state index in [-0.39, 0.29) is 0 Å². The first-order valence-electron chi connectivity index (χ1n) is 5.27. The van der Waals surface area contributed by atoms with Gasteiger partial charge in [-0.25, -0.2) is 0 Å². The van der Waals surface area contributed by atoms with E-state index < -0.39 is 0 Å². The Morgan fingerprint density at radius 1 is 1.06 bits per heavy atom. The minimum Gasteiger partial charge on any atom is -0.381 e. The van der Waals surface area contributed by atoms with Crippen LogP contribution in [0.2, 0.25) is 5.02 Å². The van der Waals surface area contributed by atoms with E-state index in [2.05, 4.69) is 11.4 Å². The molecule has 0 aliphatic rings. The highest BCUT2D eigenvalue weighted by molar-refractivity contribution is 6.30. The summed E-state index contributed by atoms with van der Waals surface area (Å²) in [7, 11) is 0. The quantitative estimate of drug-likeness (QED) is 0.888. The molecule has 0 aliphatic carbocycles. The van der Waals surface area contributed by atoms with Gasteiger partial charge in [-0.05, 0) is 35.9 Å².